The molecular formula is C28H32N2O3. The summed E-state index contributed by atoms with van der Waals surface area (Å²) in [6, 6.07) is 20.8. The Bertz CT molecular complexity index is 1090. The second-order valence-corrected chi connectivity index (χ2v) is 9.63. The standard InChI is InChI=1S/C28H32N2O3/c1-19(31)28(2)18-30(27-10-6-7-13-29-27)17-24(28)22-11-12-25(32-3)26(16-22)33-23-14-20-8-4-5-9-21(20)15-23/h4-13,16,19,23-24,31H,14-15,17-18H2,1-3H3/t19-,24+,28+/m1/s1. The van der Waals surface area contributed by atoms with Crippen molar-refractivity contribution in [2.24, 2.45) is 5.41 Å². The Labute approximate surface area is 196 Å². The van der Waals surface area contributed by atoms with Gasteiger partial charge >= 0.3 is 0 Å². The monoisotopic (exact) mass is 444 g/mol. The first-order valence-corrected chi connectivity index (χ1v) is 11.7. The maximum Gasteiger partial charge on any atom is 0.161 e. The number of anilines is 1. The van der Waals surface area contributed by atoms with Crippen LogP contribution in [0.1, 0.15) is 36.5 Å². The Balaban J connectivity index is 1.43. The molecule has 0 saturated carbocycles. The van der Waals surface area contributed by atoms with Crippen molar-refractivity contribution in [2.45, 2.75) is 44.8 Å². The SMILES string of the molecule is COc1ccc([C@@H]2CN(c3ccccn3)C[C@@]2(C)[C@@H](C)O)cc1OC1Cc2ccccc2C1. The molecule has 5 heteroatoms. The first-order valence-electron chi connectivity index (χ1n) is 11.7. The summed E-state index contributed by atoms with van der Waals surface area (Å²) in [5, 5.41) is 10.8. The van der Waals surface area contributed by atoms with Crippen molar-refractivity contribution >= 4 is 5.82 Å². The number of ether oxygens (including phenoxy) is 2. The van der Waals surface area contributed by atoms with Crippen LogP contribution in [0.25, 0.3) is 0 Å². The van der Waals surface area contributed by atoms with Gasteiger partial charge in [-0.1, -0.05) is 43.3 Å². The van der Waals surface area contributed by atoms with E-state index in [1.807, 2.05) is 37.4 Å². The molecule has 5 rings (SSSR count). The maximum atomic E-state index is 10.8. The van der Waals surface area contributed by atoms with Gasteiger partial charge in [0.15, 0.2) is 11.5 Å². The van der Waals surface area contributed by atoms with Gasteiger partial charge in [-0.2, -0.15) is 0 Å². The van der Waals surface area contributed by atoms with Gasteiger partial charge in [-0.3, -0.25) is 0 Å². The Morgan fingerprint density at radius 1 is 1.03 bits per heavy atom. The fraction of sp³-hybridized carbons (Fsp3) is 0.393. The quantitative estimate of drug-likeness (QED) is 0.601. The van der Waals surface area contributed by atoms with Crippen molar-refractivity contribution in [3.63, 3.8) is 0 Å². The molecule has 0 radical (unpaired) electrons. The first kappa shape index (κ1) is 21.8. The largest absolute Gasteiger partial charge is 0.493 e. The van der Waals surface area contributed by atoms with E-state index in [1.165, 1.54) is 11.1 Å². The van der Waals surface area contributed by atoms with Crippen LogP contribution in [-0.4, -0.2) is 42.5 Å². The summed E-state index contributed by atoms with van der Waals surface area (Å²) >= 11 is 0. The normalized spacial score (nSPS) is 23.4. The number of rotatable bonds is 6. The molecule has 1 aliphatic carbocycles. The zero-order valence-electron chi connectivity index (χ0n) is 19.6. The zero-order valence-corrected chi connectivity index (χ0v) is 19.6. The number of hydrogen-bond acceptors (Lipinski definition) is 5. The maximum absolute atomic E-state index is 10.8. The smallest absolute Gasteiger partial charge is 0.161 e. The Hall–Kier alpha value is -3.05. The van der Waals surface area contributed by atoms with Crippen LogP contribution in [0.4, 0.5) is 5.82 Å². The average molecular weight is 445 g/mol. The number of aliphatic hydroxyl groups is 1. The topological polar surface area (TPSA) is 54.8 Å². The first-order chi connectivity index (χ1) is 16.0. The number of nitrogens with zero attached hydrogens (tertiary/aromatic N) is 2. The van der Waals surface area contributed by atoms with Gasteiger partial charge in [0.1, 0.15) is 11.9 Å². The van der Waals surface area contributed by atoms with Crippen LogP contribution in [0, 0.1) is 5.41 Å². The van der Waals surface area contributed by atoms with Crippen LogP contribution in [0.5, 0.6) is 11.5 Å². The lowest BCUT2D eigenvalue weighted by molar-refractivity contribution is 0.0558. The van der Waals surface area contributed by atoms with Gasteiger partial charge in [0.2, 0.25) is 0 Å². The molecule has 0 bridgehead atoms. The Morgan fingerprint density at radius 3 is 2.39 bits per heavy atom. The highest BCUT2D eigenvalue weighted by molar-refractivity contribution is 5.48. The van der Waals surface area contributed by atoms with Crippen molar-refractivity contribution in [1.82, 2.24) is 4.98 Å². The highest BCUT2D eigenvalue weighted by atomic mass is 16.5. The molecule has 2 aromatic carbocycles. The minimum Gasteiger partial charge on any atom is -0.493 e. The van der Waals surface area contributed by atoms with Gasteiger partial charge in [-0.05, 0) is 47.9 Å². The lowest BCUT2D eigenvalue weighted by atomic mass is 9.72. The highest BCUT2D eigenvalue weighted by Gasteiger charge is 2.47. The fourth-order valence-electron chi connectivity index (χ4n) is 5.42. The molecule has 1 N–H and O–H groups in total. The number of aliphatic hydroxyl groups excluding tert-OH is 1. The van der Waals surface area contributed by atoms with Crippen LogP contribution in [0.2, 0.25) is 0 Å². The van der Waals surface area contributed by atoms with Crippen LogP contribution in [0.3, 0.4) is 0 Å². The third-order valence-corrected chi connectivity index (χ3v) is 7.56. The van der Waals surface area contributed by atoms with Gasteiger partial charge in [0.05, 0.1) is 13.2 Å². The number of pyridine rings is 1. The van der Waals surface area contributed by atoms with Gasteiger partial charge < -0.3 is 19.5 Å². The molecule has 5 nitrogen and oxygen atoms in total. The lowest BCUT2D eigenvalue weighted by Gasteiger charge is -2.34. The second-order valence-electron chi connectivity index (χ2n) is 9.63. The molecule has 0 spiro atoms. The van der Waals surface area contributed by atoms with Gasteiger partial charge in [-0.25, -0.2) is 4.98 Å². The lowest BCUT2D eigenvalue weighted by Crippen LogP contribution is -2.37. The number of aromatic nitrogens is 1. The van der Waals surface area contributed by atoms with E-state index < -0.39 is 6.10 Å². The third-order valence-electron chi connectivity index (χ3n) is 7.56. The molecule has 1 aromatic heterocycles. The summed E-state index contributed by atoms with van der Waals surface area (Å²) in [5.74, 6) is 2.60. The van der Waals surface area contributed by atoms with Crippen molar-refractivity contribution < 1.29 is 14.6 Å². The van der Waals surface area contributed by atoms with Crippen molar-refractivity contribution in [3.05, 3.63) is 83.6 Å². The van der Waals surface area contributed by atoms with Crippen LogP contribution >= 0.6 is 0 Å². The summed E-state index contributed by atoms with van der Waals surface area (Å²) in [6.07, 6.45) is 3.27. The number of benzene rings is 2. The minimum absolute atomic E-state index is 0.100. The van der Waals surface area contributed by atoms with E-state index in [2.05, 4.69) is 53.2 Å². The molecular weight excluding hydrogens is 412 g/mol. The zero-order chi connectivity index (χ0) is 23.0. The summed E-state index contributed by atoms with van der Waals surface area (Å²) in [4.78, 5) is 6.82. The number of methoxy groups -OCH3 is 1. The van der Waals surface area contributed by atoms with Crippen molar-refractivity contribution in [1.29, 1.82) is 0 Å². The van der Waals surface area contributed by atoms with E-state index in [9.17, 15) is 5.11 Å². The molecule has 172 valence electrons. The molecule has 1 fully saturated rings. The molecule has 0 unspecified atom stereocenters. The van der Waals surface area contributed by atoms with Crippen LogP contribution in [0.15, 0.2) is 66.9 Å². The number of hydrogen-bond donors (Lipinski definition) is 1. The van der Waals surface area contributed by atoms with E-state index in [0.29, 0.717) is 0 Å². The van der Waals surface area contributed by atoms with E-state index in [4.69, 9.17) is 9.47 Å². The predicted molar refractivity (Wildman–Crippen MR) is 130 cm³/mol. The van der Waals surface area contributed by atoms with Gasteiger partial charge in [0.25, 0.3) is 0 Å². The van der Waals surface area contributed by atoms with Gasteiger partial charge in [0, 0.05) is 43.5 Å². The molecule has 3 aromatic rings. The summed E-state index contributed by atoms with van der Waals surface area (Å²) in [7, 11) is 1.68. The van der Waals surface area contributed by atoms with Crippen molar-refractivity contribution in [3.8, 4) is 11.5 Å². The van der Waals surface area contributed by atoms with E-state index in [0.717, 1.165) is 48.8 Å². The van der Waals surface area contributed by atoms with Crippen molar-refractivity contribution in [2.75, 3.05) is 25.1 Å². The molecule has 2 heterocycles. The van der Waals surface area contributed by atoms with E-state index >= 15 is 0 Å². The molecule has 0 amide bonds. The Kier molecular flexibility index (Phi) is 5.75. The fourth-order valence-corrected chi connectivity index (χ4v) is 5.42. The van der Waals surface area contributed by atoms with Crippen LogP contribution in [-0.2, 0) is 12.8 Å². The van der Waals surface area contributed by atoms with Crippen LogP contribution < -0.4 is 14.4 Å². The molecule has 3 atom stereocenters. The van der Waals surface area contributed by atoms with Gasteiger partial charge in [-0.15, -0.1) is 0 Å². The van der Waals surface area contributed by atoms with E-state index in [-0.39, 0.29) is 17.4 Å². The molecule has 1 saturated heterocycles. The number of fused-ring (bicyclic) bond motifs is 1. The second kappa shape index (κ2) is 8.71. The molecule has 2 aliphatic rings. The summed E-state index contributed by atoms with van der Waals surface area (Å²) in [6.45, 7) is 5.60. The Morgan fingerprint density at radius 2 is 1.76 bits per heavy atom. The minimum atomic E-state index is -0.466. The third kappa shape index (κ3) is 4.06. The highest BCUT2D eigenvalue weighted by Crippen LogP contribution is 2.47. The average Bonchev–Trinajstić information content (AvgIpc) is 3.41. The summed E-state index contributed by atoms with van der Waals surface area (Å²) < 4.78 is 12.2. The molecule has 1 aliphatic heterocycles. The summed E-state index contributed by atoms with van der Waals surface area (Å²) in [5.41, 5.74) is 3.57. The molecule has 33 heavy (non-hydrogen) atoms. The predicted octanol–water partition coefficient (Wildman–Crippen LogP) is 4.63. The van der Waals surface area contributed by atoms with E-state index in [1.54, 1.807) is 7.11 Å².